The van der Waals surface area contributed by atoms with Crippen molar-refractivity contribution in [3.8, 4) is 0 Å². The van der Waals surface area contributed by atoms with Crippen molar-refractivity contribution in [2.24, 2.45) is 10.4 Å². The van der Waals surface area contributed by atoms with Crippen LogP contribution in [0.1, 0.15) is 38.2 Å². The van der Waals surface area contributed by atoms with Crippen molar-refractivity contribution in [3.63, 3.8) is 0 Å². The molecule has 1 saturated carbocycles. The molecule has 1 aromatic carbocycles. The number of hydrogen-bond acceptors (Lipinski definition) is 4. The van der Waals surface area contributed by atoms with Crippen LogP contribution in [0.3, 0.4) is 0 Å². The summed E-state index contributed by atoms with van der Waals surface area (Å²) in [5, 5.41) is 6.92. The van der Waals surface area contributed by atoms with Crippen LogP contribution < -0.4 is 10.6 Å². The number of rotatable bonds is 7. The lowest BCUT2D eigenvalue weighted by Crippen LogP contribution is -2.52. The van der Waals surface area contributed by atoms with Gasteiger partial charge in [0.25, 0.3) is 0 Å². The van der Waals surface area contributed by atoms with Crippen molar-refractivity contribution in [2.75, 3.05) is 32.1 Å². The Morgan fingerprint density at radius 2 is 2.00 bits per heavy atom. The SMILES string of the molecule is CN=C(NCC1(CS(C)(=O)=O)CC1)NC1CCN(Cc2ccccc2)C(C)C1. The number of hydrogen-bond donors (Lipinski definition) is 2. The van der Waals surface area contributed by atoms with E-state index in [0.717, 1.165) is 44.7 Å². The van der Waals surface area contributed by atoms with Crippen LogP contribution >= 0.6 is 0 Å². The Morgan fingerprint density at radius 1 is 1.29 bits per heavy atom. The minimum absolute atomic E-state index is 0.0997. The van der Waals surface area contributed by atoms with E-state index in [1.807, 2.05) is 0 Å². The Kier molecular flexibility index (Phi) is 6.65. The number of piperidine rings is 1. The zero-order valence-electron chi connectivity index (χ0n) is 17.3. The molecule has 156 valence electrons. The maximum absolute atomic E-state index is 11.6. The molecule has 2 atom stereocenters. The van der Waals surface area contributed by atoms with Crippen LogP contribution in [0.2, 0.25) is 0 Å². The van der Waals surface area contributed by atoms with E-state index in [2.05, 4.69) is 57.8 Å². The highest BCUT2D eigenvalue weighted by Crippen LogP contribution is 2.46. The Bertz CT molecular complexity index is 775. The zero-order valence-corrected chi connectivity index (χ0v) is 18.1. The van der Waals surface area contributed by atoms with Gasteiger partial charge < -0.3 is 10.6 Å². The topological polar surface area (TPSA) is 73.8 Å². The maximum Gasteiger partial charge on any atom is 0.191 e. The van der Waals surface area contributed by atoms with Crippen molar-refractivity contribution in [3.05, 3.63) is 35.9 Å². The highest BCUT2D eigenvalue weighted by molar-refractivity contribution is 7.90. The lowest BCUT2D eigenvalue weighted by atomic mass is 9.97. The second-order valence-corrected chi connectivity index (χ2v) is 10.8. The molecule has 1 aromatic rings. The summed E-state index contributed by atoms with van der Waals surface area (Å²) >= 11 is 0. The summed E-state index contributed by atoms with van der Waals surface area (Å²) in [6, 6.07) is 11.5. The molecule has 2 N–H and O–H groups in total. The number of aliphatic imine (C=N–C) groups is 1. The van der Waals surface area contributed by atoms with Crippen molar-refractivity contribution in [1.82, 2.24) is 15.5 Å². The third kappa shape index (κ3) is 6.21. The minimum Gasteiger partial charge on any atom is -0.356 e. The van der Waals surface area contributed by atoms with E-state index in [4.69, 9.17) is 0 Å². The summed E-state index contributed by atoms with van der Waals surface area (Å²) < 4.78 is 23.3. The first-order valence-corrected chi connectivity index (χ1v) is 12.3. The molecule has 1 saturated heterocycles. The predicted octanol–water partition coefficient (Wildman–Crippen LogP) is 2.03. The van der Waals surface area contributed by atoms with Crippen LogP contribution in [0, 0.1) is 5.41 Å². The van der Waals surface area contributed by atoms with Crippen LogP contribution in [0.4, 0.5) is 0 Å². The fourth-order valence-corrected chi connectivity index (χ4v) is 5.67. The summed E-state index contributed by atoms with van der Waals surface area (Å²) in [6.45, 7) is 5.01. The highest BCUT2D eigenvalue weighted by atomic mass is 32.2. The van der Waals surface area contributed by atoms with Gasteiger partial charge in [-0.2, -0.15) is 0 Å². The van der Waals surface area contributed by atoms with Gasteiger partial charge in [0, 0.05) is 50.4 Å². The van der Waals surface area contributed by atoms with Crippen LogP contribution in [0.15, 0.2) is 35.3 Å². The molecule has 2 aliphatic rings. The van der Waals surface area contributed by atoms with E-state index in [-0.39, 0.29) is 11.2 Å². The fraction of sp³-hybridized carbons (Fsp3) is 0.667. The van der Waals surface area contributed by atoms with Gasteiger partial charge in [-0.1, -0.05) is 30.3 Å². The zero-order chi connectivity index (χ0) is 20.2. The molecule has 7 heteroatoms. The molecule has 6 nitrogen and oxygen atoms in total. The third-order valence-corrected chi connectivity index (χ3v) is 7.10. The smallest absolute Gasteiger partial charge is 0.191 e. The summed E-state index contributed by atoms with van der Waals surface area (Å²) in [6.07, 6.45) is 5.41. The van der Waals surface area contributed by atoms with Gasteiger partial charge in [0.2, 0.25) is 0 Å². The van der Waals surface area contributed by atoms with Crippen molar-refractivity contribution >= 4 is 15.8 Å². The standard InChI is InChI=1S/C21H34N4O2S/c1-17-13-19(9-12-25(17)14-18-7-5-4-6-8-18)24-20(22-2)23-15-21(10-11-21)16-28(3,26)27/h4-8,17,19H,9-16H2,1-3H3,(H2,22,23,24). The van der Waals surface area contributed by atoms with Crippen LogP contribution in [0.5, 0.6) is 0 Å². The maximum atomic E-state index is 11.6. The highest BCUT2D eigenvalue weighted by Gasteiger charge is 2.45. The quantitative estimate of drug-likeness (QED) is 0.535. The molecule has 0 amide bonds. The van der Waals surface area contributed by atoms with Gasteiger partial charge in [-0.3, -0.25) is 9.89 Å². The van der Waals surface area contributed by atoms with Crippen LogP contribution in [-0.2, 0) is 16.4 Å². The van der Waals surface area contributed by atoms with E-state index in [1.54, 1.807) is 7.05 Å². The first kappa shape index (κ1) is 21.1. The monoisotopic (exact) mass is 406 g/mol. The summed E-state index contributed by atoms with van der Waals surface area (Å²) in [5.41, 5.74) is 1.26. The second kappa shape index (κ2) is 8.82. The third-order valence-electron chi connectivity index (χ3n) is 5.96. The average Bonchev–Trinajstić information content (AvgIpc) is 3.39. The van der Waals surface area contributed by atoms with Gasteiger partial charge in [0.05, 0.1) is 5.75 Å². The first-order chi connectivity index (χ1) is 13.3. The van der Waals surface area contributed by atoms with E-state index in [1.165, 1.54) is 11.8 Å². The Balaban J connectivity index is 1.46. The molecular formula is C21H34N4O2S. The predicted molar refractivity (Wildman–Crippen MR) is 115 cm³/mol. The molecule has 1 heterocycles. The number of nitrogens with one attached hydrogen (secondary N) is 2. The summed E-state index contributed by atoms with van der Waals surface area (Å²) in [4.78, 5) is 6.89. The van der Waals surface area contributed by atoms with Crippen LogP contribution in [0.25, 0.3) is 0 Å². The van der Waals surface area contributed by atoms with E-state index in [9.17, 15) is 8.42 Å². The molecule has 1 aliphatic heterocycles. The number of nitrogens with zero attached hydrogens (tertiary/aromatic N) is 2. The van der Waals surface area contributed by atoms with Gasteiger partial charge in [0.1, 0.15) is 9.84 Å². The number of sulfone groups is 1. The molecule has 2 fully saturated rings. The van der Waals surface area contributed by atoms with Crippen molar-refractivity contribution in [1.29, 1.82) is 0 Å². The molecule has 3 rings (SSSR count). The lowest BCUT2D eigenvalue weighted by molar-refractivity contribution is 0.134. The van der Waals surface area contributed by atoms with Crippen molar-refractivity contribution < 1.29 is 8.42 Å². The van der Waals surface area contributed by atoms with Crippen LogP contribution in [-0.4, -0.2) is 63.5 Å². The van der Waals surface area contributed by atoms with Gasteiger partial charge in [0.15, 0.2) is 5.96 Å². The molecule has 0 bridgehead atoms. The normalized spacial score (nSPS) is 25.3. The van der Waals surface area contributed by atoms with E-state index >= 15 is 0 Å². The van der Waals surface area contributed by atoms with E-state index < -0.39 is 9.84 Å². The fourth-order valence-electron chi connectivity index (χ4n) is 4.17. The molecule has 0 spiro atoms. The Morgan fingerprint density at radius 3 is 2.57 bits per heavy atom. The molecule has 28 heavy (non-hydrogen) atoms. The van der Waals surface area contributed by atoms with E-state index in [0.29, 0.717) is 18.6 Å². The van der Waals surface area contributed by atoms with Gasteiger partial charge in [-0.05, 0) is 38.2 Å². The summed E-state index contributed by atoms with van der Waals surface area (Å²) in [7, 11) is -1.17. The lowest BCUT2D eigenvalue weighted by Gasteiger charge is -2.38. The minimum atomic E-state index is -2.95. The second-order valence-electron chi connectivity index (χ2n) is 8.67. The Hall–Kier alpha value is -1.60. The molecule has 0 radical (unpaired) electrons. The largest absolute Gasteiger partial charge is 0.356 e. The van der Waals surface area contributed by atoms with Gasteiger partial charge in [-0.25, -0.2) is 8.42 Å². The number of benzene rings is 1. The summed E-state index contributed by atoms with van der Waals surface area (Å²) in [5.74, 6) is 1.05. The first-order valence-electron chi connectivity index (χ1n) is 10.2. The number of guanidine groups is 1. The van der Waals surface area contributed by atoms with Gasteiger partial charge >= 0.3 is 0 Å². The van der Waals surface area contributed by atoms with Gasteiger partial charge in [-0.15, -0.1) is 0 Å². The van der Waals surface area contributed by atoms with Crippen molar-refractivity contribution in [2.45, 2.75) is 51.2 Å². The number of likely N-dealkylation sites (tertiary alicyclic amines) is 1. The average molecular weight is 407 g/mol. The molecule has 1 aliphatic carbocycles. The Labute approximate surface area is 169 Å². The molecular weight excluding hydrogens is 372 g/mol. The molecule has 0 aromatic heterocycles. The molecule has 2 unspecified atom stereocenters.